The third-order valence-corrected chi connectivity index (χ3v) is 3.44. The number of halogens is 2. The van der Waals surface area contributed by atoms with Gasteiger partial charge in [0.25, 0.3) is 0 Å². The fraction of sp³-hybridized carbons (Fsp3) is 0.250. The van der Waals surface area contributed by atoms with Crippen LogP contribution in [0.2, 0.25) is 5.02 Å². The van der Waals surface area contributed by atoms with Crippen molar-refractivity contribution in [3.05, 3.63) is 64.7 Å². The Hall–Kier alpha value is -1.18. The summed E-state index contributed by atoms with van der Waals surface area (Å²) in [6, 6.07) is 15.5. The van der Waals surface area contributed by atoms with Crippen molar-refractivity contribution in [1.29, 1.82) is 0 Å². The predicted molar refractivity (Wildman–Crippen MR) is 81.4 cm³/mol. The highest BCUT2D eigenvalue weighted by molar-refractivity contribution is 6.30. The topological polar surface area (TPSA) is 9.23 Å². The Balaban J connectivity index is 2.23. The molecule has 1 nitrogen and oxygen atoms in total. The molecule has 0 N–H and O–H groups in total. The smallest absolute Gasteiger partial charge is 0.120 e. The third kappa shape index (κ3) is 3.89. The first-order chi connectivity index (χ1) is 9.06. The molecule has 19 heavy (non-hydrogen) atoms. The SMILES string of the molecule is CC(C)Oc1cccc(C(Cl)c2ccc(Cl)cc2)c1. The Morgan fingerprint density at radius 3 is 2.26 bits per heavy atom. The molecule has 0 aliphatic heterocycles. The summed E-state index contributed by atoms with van der Waals surface area (Å²) in [4.78, 5) is 0. The molecule has 100 valence electrons. The third-order valence-electron chi connectivity index (χ3n) is 2.69. The number of hydrogen-bond donors (Lipinski definition) is 0. The monoisotopic (exact) mass is 294 g/mol. The summed E-state index contributed by atoms with van der Waals surface area (Å²) in [5, 5.41) is 0.512. The van der Waals surface area contributed by atoms with E-state index in [2.05, 4.69) is 0 Å². The second-order valence-electron chi connectivity index (χ2n) is 4.65. The molecule has 0 bridgehead atoms. The highest BCUT2D eigenvalue weighted by Gasteiger charge is 2.11. The summed E-state index contributed by atoms with van der Waals surface area (Å²) in [6.45, 7) is 4.01. The molecule has 2 rings (SSSR count). The van der Waals surface area contributed by atoms with Crippen LogP contribution in [0.25, 0.3) is 0 Å². The molecule has 2 aromatic rings. The van der Waals surface area contributed by atoms with Gasteiger partial charge >= 0.3 is 0 Å². The van der Waals surface area contributed by atoms with Gasteiger partial charge < -0.3 is 4.74 Å². The quantitative estimate of drug-likeness (QED) is 0.681. The van der Waals surface area contributed by atoms with Crippen molar-refractivity contribution in [3.8, 4) is 5.75 Å². The number of alkyl halides is 1. The number of hydrogen-bond acceptors (Lipinski definition) is 1. The molecule has 3 heteroatoms. The van der Waals surface area contributed by atoms with Crippen LogP contribution in [0.5, 0.6) is 5.75 Å². The summed E-state index contributed by atoms with van der Waals surface area (Å²) < 4.78 is 5.68. The number of ether oxygens (including phenoxy) is 1. The van der Waals surface area contributed by atoms with Crippen LogP contribution >= 0.6 is 23.2 Å². The molecule has 0 aliphatic carbocycles. The molecule has 0 saturated heterocycles. The lowest BCUT2D eigenvalue weighted by molar-refractivity contribution is 0.242. The minimum Gasteiger partial charge on any atom is -0.491 e. The van der Waals surface area contributed by atoms with Gasteiger partial charge in [-0.3, -0.25) is 0 Å². The summed E-state index contributed by atoms with van der Waals surface area (Å²) in [5.74, 6) is 0.840. The number of benzene rings is 2. The average molecular weight is 295 g/mol. The molecule has 0 heterocycles. The Morgan fingerprint density at radius 1 is 0.947 bits per heavy atom. The van der Waals surface area contributed by atoms with E-state index in [1.54, 1.807) is 0 Å². The van der Waals surface area contributed by atoms with Crippen LogP contribution in [-0.2, 0) is 0 Å². The largest absolute Gasteiger partial charge is 0.491 e. The van der Waals surface area contributed by atoms with Crippen molar-refractivity contribution in [2.75, 3.05) is 0 Å². The van der Waals surface area contributed by atoms with Gasteiger partial charge in [0.1, 0.15) is 5.75 Å². The Labute approximate surface area is 124 Å². The first-order valence-electron chi connectivity index (χ1n) is 6.22. The van der Waals surface area contributed by atoms with Gasteiger partial charge in [-0.15, -0.1) is 11.6 Å². The molecular weight excluding hydrogens is 279 g/mol. The van der Waals surface area contributed by atoms with E-state index in [-0.39, 0.29) is 11.5 Å². The van der Waals surface area contributed by atoms with Crippen LogP contribution in [0.15, 0.2) is 48.5 Å². The Morgan fingerprint density at radius 2 is 1.63 bits per heavy atom. The molecule has 0 aromatic heterocycles. The molecule has 2 aromatic carbocycles. The average Bonchev–Trinajstić information content (AvgIpc) is 2.38. The van der Waals surface area contributed by atoms with Crippen LogP contribution in [-0.4, -0.2) is 6.10 Å². The van der Waals surface area contributed by atoms with Crippen molar-refractivity contribution in [2.24, 2.45) is 0 Å². The molecule has 0 spiro atoms. The van der Waals surface area contributed by atoms with Crippen LogP contribution in [0.3, 0.4) is 0 Å². The lowest BCUT2D eigenvalue weighted by atomic mass is 10.0. The van der Waals surface area contributed by atoms with Crippen LogP contribution in [0.1, 0.15) is 30.4 Å². The van der Waals surface area contributed by atoms with Gasteiger partial charge in [0.15, 0.2) is 0 Å². The second kappa shape index (κ2) is 6.31. The van der Waals surface area contributed by atoms with Crippen molar-refractivity contribution in [1.82, 2.24) is 0 Å². The minimum absolute atomic E-state index is 0.152. The van der Waals surface area contributed by atoms with E-state index in [9.17, 15) is 0 Å². The van der Waals surface area contributed by atoms with Gasteiger partial charge in [-0.1, -0.05) is 35.9 Å². The van der Waals surface area contributed by atoms with E-state index < -0.39 is 0 Å². The maximum Gasteiger partial charge on any atom is 0.120 e. The summed E-state index contributed by atoms with van der Waals surface area (Å²) in [5.41, 5.74) is 2.04. The van der Waals surface area contributed by atoms with Crippen LogP contribution in [0, 0.1) is 0 Å². The lowest BCUT2D eigenvalue weighted by Gasteiger charge is -2.14. The Bertz CT molecular complexity index is 535. The predicted octanol–water partition coefficient (Wildman–Crippen LogP) is 5.46. The van der Waals surface area contributed by atoms with Gasteiger partial charge in [0.05, 0.1) is 11.5 Å². The highest BCUT2D eigenvalue weighted by Crippen LogP contribution is 2.31. The zero-order valence-electron chi connectivity index (χ0n) is 10.9. The normalized spacial score (nSPS) is 12.5. The van der Waals surface area contributed by atoms with E-state index in [4.69, 9.17) is 27.9 Å². The zero-order valence-corrected chi connectivity index (χ0v) is 12.4. The van der Waals surface area contributed by atoms with Crippen molar-refractivity contribution in [2.45, 2.75) is 25.3 Å². The summed E-state index contributed by atoms with van der Waals surface area (Å²) >= 11 is 12.4. The molecular formula is C16H16Cl2O. The summed E-state index contributed by atoms with van der Waals surface area (Å²) in [7, 11) is 0. The summed E-state index contributed by atoms with van der Waals surface area (Å²) in [6.07, 6.45) is 0.152. The van der Waals surface area contributed by atoms with Gasteiger partial charge in [-0.2, -0.15) is 0 Å². The van der Waals surface area contributed by atoms with Crippen LogP contribution < -0.4 is 4.74 Å². The van der Waals surface area contributed by atoms with Gasteiger partial charge in [0.2, 0.25) is 0 Å². The molecule has 1 unspecified atom stereocenters. The van der Waals surface area contributed by atoms with Gasteiger partial charge in [-0.05, 0) is 49.2 Å². The first-order valence-corrected chi connectivity index (χ1v) is 7.04. The molecule has 0 aliphatic rings. The molecule has 0 amide bonds. The lowest BCUT2D eigenvalue weighted by Crippen LogP contribution is -2.05. The standard InChI is InChI=1S/C16H16Cl2O/c1-11(2)19-15-5-3-4-13(10-15)16(18)12-6-8-14(17)9-7-12/h3-11,16H,1-2H3. The van der Waals surface area contributed by atoms with Crippen LogP contribution in [0.4, 0.5) is 0 Å². The maximum atomic E-state index is 6.49. The van der Waals surface area contributed by atoms with E-state index in [1.807, 2.05) is 62.4 Å². The van der Waals surface area contributed by atoms with Gasteiger partial charge in [-0.25, -0.2) is 0 Å². The van der Waals surface area contributed by atoms with Crippen molar-refractivity contribution >= 4 is 23.2 Å². The molecule has 1 atom stereocenters. The molecule has 0 saturated carbocycles. The molecule has 0 fully saturated rings. The van der Waals surface area contributed by atoms with E-state index in [0.717, 1.165) is 16.9 Å². The second-order valence-corrected chi connectivity index (χ2v) is 5.53. The van der Waals surface area contributed by atoms with Gasteiger partial charge in [0, 0.05) is 5.02 Å². The number of rotatable bonds is 4. The minimum atomic E-state index is -0.201. The van der Waals surface area contributed by atoms with E-state index >= 15 is 0 Å². The molecule has 0 radical (unpaired) electrons. The highest BCUT2D eigenvalue weighted by atomic mass is 35.5. The zero-order chi connectivity index (χ0) is 13.8. The van der Waals surface area contributed by atoms with E-state index in [1.165, 1.54) is 0 Å². The van der Waals surface area contributed by atoms with Crippen molar-refractivity contribution in [3.63, 3.8) is 0 Å². The van der Waals surface area contributed by atoms with E-state index in [0.29, 0.717) is 5.02 Å². The van der Waals surface area contributed by atoms with Crippen molar-refractivity contribution < 1.29 is 4.74 Å². The maximum absolute atomic E-state index is 6.49. The fourth-order valence-corrected chi connectivity index (χ4v) is 2.25. The first kappa shape index (κ1) is 14.2. The fourth-order valence-electron chi connectivity index (χ4n) is 1.84. The Kier molecular flexibility index (Phi) is 4.73.